The van der Waals surface area contributed by atoms with Crippen molar-refractivity contribution in [3.8, 4) is 5.75 Å². The van der Waals surface area contributed by atoms with Crippen molar-refractivity contribution in [1.82, 2.24) is 0 Å². The Balaban J connectivity index is 2.41. The van der Waals surface area contributed by atoms with Gasteiger partial charge in [-0.25, -0.2) is 0 Å². The van der Waals surface area contributed by atoms with E-state index in [0.29, 0.717) is 6.61 Å². The van der Waals surface area contributed by atoms with Gasteiger partial charge in [-0.3, -0.25) is 0 Å². The third-order valence-electron chi connectivity index (χ3n) is 2.40. The average molecular weight is 287 g/mol. The van der Waals surface area contributed by atoms with Gasteiger partial charge in [0.15, 0.2) is 0 Å². The van der Waals surface area contributed by atoms with Crippen LogP contribution in [0.2, 0.25) is 0 Å². The second-order valence-electron chi connectivity index (χ2n) is 3.72. The van der Waals surface area contributed by atoms with Crippen molar-refractivity contribution >= 4 is 15.9 Å². The summed E-state index contributed by atoms with van der Waals surface area (Å²) in [7, 11) is 1.68. The van der Waals surface area contributed by atoms with Crippen LogP contribution in [0.3, 0.4) is 0 Å². The Morgan fingerprint density at radius 3 is 2.75 bits per heavy atom. The van der Waals surface area contributed by atoms with Gasteiger partial charge in [0.1, 0.15) is 5.75 Å². The van der Waals surface area contributed by atoms with Crippen molar-refractivity contribution in [3.05, 3.63) is 28.2 Å². The van der Waals surface area contributed by atoms with Gasteiger partial charge >= 0.3 is 0 Å². The summed E-state index contributed by atoms with van der Waals surface area (Å²) in [5, 5.41) is 0. The SMILES string of the molecule is CCCCCOCc1ccc(Br)cc1OC. The molecule has 0 unspecified atom stereocenters. The lowest BCUT2D eigenvalue weighted by Crippen LogP contribution is -1.98. The Labute approximate surface area is 106 Å². The first-order valence-electron chi connectivity index (χ1n) is 5.68. The van der Waals surface area contributed by atoms with Gasteiger partial charge in [0.2, 0.25) is 0 Å². The Morgan fingerprint density at radius 1 is 1.25 bits per heavy atom. The van der Waals surface area contributed by atoms with Crippen LogP contribution in [0.25, 0.3) is 0 Å². The Kier molecular flexibility index (Phi) is 6.50. The monoisotopic (exact) mass is 286 g/mol. The summed E-state index contributed by atoms with van der Waals surface area (Å²) in [5.74, 6) is 0.880. The molecular weight excluding hydrogens is 268 g/mol. The number of hydrogen-bond donors (Lipinski definition) is 0. The van der Waals surface area contributed by atoms with Crippen molar-refractivity contribution in [2.45, 2.75) is 32.8 Å². The molecule has 0 aliphatic heterocycles. The van der Waals surface area contributed by atoms with E-state index in [0.717, 1.165) is 28.8 Å². The molecule has 0 N–H and O–H groups in total. The molecule has 0 atom stereocenters. The Bertz CT molecular complexity index is 313. The minimum atomic E-state index is 0.625. The van der Waals surface area contributed by atoms with E-state index in [1.54, 1.807) is 7.11 Å². The molecule has 3 heteroatoms. The molecule has 0 aromatic heterocycles. The van der Waals surface area contributed by atoms with Crippen molar-refractivity contribution < 1.29 is 9.47 Å². The highest BCUT2D eigenvalue weighted by Crippen LogP contribution is 2.24. The molecule has 0 saturated carbocycles. The van der Waals surface area contributed by atoms with Crippen molar-refractivity contribution in [2.75, 3.05) is 13.7 Å². The lowest BCUT2D eigenvalue weighted by atomic mass is 10.2. The predicted octanol–water partition coefficient (Wildman–Crippen LogP) is 4.16. The second-order valence-corrected chi connectivity index (χ2v) is 4.63. The first-order chi connectivity index (χ1) is 7.77. The van der Waals surface area contributed by atoms with Crippen molar-refractivity contribution in [3.63, 3.8) is 0 Å². The van der Waals surface area contributed by atoms with E-state index in [4.69, 9.17) is 9.47 Å². The first kappa shape index (κ1) is 13.5. The molecule has 0 spiro atoms. The molecule has 0 heterocycles. The molecule has 16 heavy (non-hydrogen) atoms. The summed E-state index contributed by atoms with van der Waals surface area (Å²) in [6, 6.07) is 6.00. The van der Waals surface area contributed by atoms with Gasteiger partial charge in [0.25, 0.3) is 0 Å². The van der Waals surface area contributed by atoms with Gasteiger partial charge in [-0.05, 0) is 18.6 Å². The maximum absolute atomic E-state index is 5.61. The summed E-state index contributed by atoms with van der Waals surface area (Å²) < 4.78 is 11.9. The summed E-state index contributed by atoms with van der Waals surface area (Å²) in [5.41, 5.74) is 1.10. The highest BCUT2D eigenvalue weighted by atomic mass is 79.9. The number of benzene rings is 1. The third-order valence-corrected chi connectivity index (χ3v) is 2.89. The van der Waals surface area contributed by atoms with Gasteiger partial charge in [-0.15, -0.1) is 0 Å². The van der Waals surface area contributed by atoms with Crippen molar-refractivity contribution in [2.24, 2.45) is 0 Å². The van der Waals surface area contributed by atoms with E-state index in [2.05, 4.69) is 22.9 Å². The van der Waals surface area contributed by atoms with Gasteiger partial charge in [0, 0.05) is 16.6 Å². The van der Waals surface area contributed by atoms with Crippen LogP contribution in [0.1, 0.15) is 31.7 Å². The molecule has 0 aliphatic rings. The van der Waals surface area contributed by atoms with Crippen LogP contribution in [0.4, 0.5) is 0 Å². The number of unbranched alkanes of at least 4 members (excludes halogenated alkanes) is 2. The fraction of sp³-hybridized carbons (Fsp3) is 0.538. The Hall–Kier alpha value is -0.540. The highest BCUT2D eigenvalue weighted by Gasteiger charge is 2.03. The number of rotatable bonds is 7. The van der Waals surface area contributed by atoms with E-state index in [1.807, 2.05) is 18.2 Å². The molecule has 0 saturated heterocycles. The molecule has 0 bridgehead atoms. The molecule has 2 nitrogen and oxygen atoms in total. The fourth-order valence-electron chi connectivity index (χ4n) is 1.47. The minimum absolute atomic E-state index is 0.625. The third kappa shape index (κ3) is 4.54. The normalized spacial score (nSPS) is 10.4. The van der Waals surface area contributed by atoms with E-state index >= 15 is 0 Å². The summed E-state index contributed by atoms with van der Waals surface area (Å²) in [4.78, 5) is 0. The van der Waals surface area contributed by atoms with Gasteiger partial charge in [-0.1, -0.05) is 41.8 Å². The van der Waals surface area contributed by atoms with E-state index in [9.17, 15) is 0 Å². The molecule has 0 radical (unpaired) electrons. The van der Waals surface area contributed by atoms with Gasteiger partial charge in [-0.2, -0.15) is 0 Å². The second kappa shape index (κ2) is 7.69. The number of hydrogen-bond acceptors (Lipinski definition) is 2. The van der Waals surface area contributed by atoms with E-state index < -0.39 is 0 Å². The molecule has 0 fully saturated rings. The summed E-state index contributed by atoms with van der Waals surface area (Å²) in [6.45, 7) is 3.64. The van der Waals surface area contributed by atoms with Crippen LogP contribution >= 0.6 is 15.9 Å². The first-order valence-corrected chi connectivity index (χ1v) is 6.47. The maximum atomic E-state index is 5.61. The van der Waals surface area contributed by atoms with Crippen LogP contribution in [0, 0.1) is 0 Å². The molecule has 90 valence electrons. The highest BCUT2D eigenvalue weighted by molar-refractivity contribution is 9.10. The zero-order valence-electron chi connectivity index (χ0n) is 9.96. The van der Waals surface area contributed by atoms with Crippen LogP contribution < -0.4 is 4.74 Å². The summed E-state index contributed by atoms with van der Waals surface area (Å²) >= 11 is 3.42. The molecule has 1 aromatic carbocycles. The molecule has 0 amide bonds. The molecular formula is C13H19BrO2. The van der Waals surface area contributed by atoms with Crippen LogP contribution in [-0.4, -0.2) is 13.7 Å². The predicted molar refractivity (Wildman–Crippen MR) is 69.9 cm³/mol. The molecule has 0 aliphatic carbocycles. The van der Waals surface area contributed by atoms with Gasteiger partial charge in [0.05, 0.1) is 13.7 Å². The minimum Gasteiger partial charge on any atom is -0.496 e. The van der Waals surface area contributed by atoms with Gasteiger partial charge < -0.3 is 9.47 Å². The van der Waals surface area contributed by atoms with E-state index in [-0.39, 0.29) is 0 Å². The number of methoxy groups -OCH3 is 1. The topological polar surface area (TPSA) is 18.5 Å². The zero-order chi connectivity index (χ0) is 11.8. The van der Waals surface area contributed by atoms with Crippen LogP contribution in [0.15, 0.2) is 22.7 Å². The summed E-state index contributed by atoms with van der Waals surface area (Å²) in [6.07, 6.45) is 3.60. The quantitative estimate of drug-likeness (QED) is 0.701. The smallest absolute Gasteiger partial charge is 0.125 e. The Morgan fingerprint density at radius 2 is 2.06 bits per heavy atom. The number of halogens is 1. The number of ether oxygens (including phenoxy) is 2. The lowest BCUT2D eigenvalue weighted by molar-refractivity contribution is 0.115. The van der Waals surface area contributed by atoms with E-state index in [1.165, 1.54) is 12.8 Å². The zero-order valence-corrected chi connectivity index (χ0v) is 11.5. The maximum Gasteiger partial charge on any atom is 0.125 e. The van der Waals surface area contributed by atoms with Crippen LogP contribution in [0.5, 0.6) is 5.75 Å². The fourth-order valence-corrected chi connectivity index (χ4v) is 1.81. The largest absolute Gasteiger partial charge is 0.496 e. The van der Waals surface area contributed by atoms with Crippen LogP contribution in [-0.2, 0) is 11.3 Å². The molecule has 1 rings (SSSR count). The standard InChI is InChI=1S/C13H19BrO2/c1-3-4-5-8-16-10-11-6-7-12(14)9-13(11)15-2/h6-7,9H,3-5,8,10H2,1-2H3. The molecule has 1 aromatic rings. The average Bonchev–Trinajstić information content (AvgIpc) is 2.30. The van der Waals surface area contributed by atoms with Crippen molar-refractivity contribution in [1.29, 1.82) is 0 Å². The lowest BCUT2D eigenvalue weighted by Gasteiger charge is -2.09.